The molecule has 0 aromatic rings. The van der Waals surface area contributed by atoms with E-state index in [1.54, 1.807) is 0 Å². The van der Waals surface area contributed by atoms with Crippen molar-refractivity contribution in [1.29, 1.82) is 0 Å². The number of aliphatic hydroxyl groups is 1. The molecule has 1 radical (unpaired) electrons. The molecule has 1 saturated heterocycles. The highest BCUT2D eigenvalue weighted by Gasteiger charge is 2.37. The van der Waals surface area contributed by atoms with Gasteiger partial charge >= 0.3 is 0 Å². The Hall–Kier alpha value is -0.515. The van der Waals surface area contributed by atoms with E-state index in [0.717, 1.165) is 32.2 Å². The van der Waals surface area contributed by atoms with Crippen molar-refractivity contribution in [1.82, 2.24) is 5.32 Å². The zero-order chi connectivity index (χ0) is 12.3. The molecule has 0 aromatic heterocycles. The van der Waals surface area contributed by atoms with E-state index in [9.17, 15) is 5.11 Å². The Morgan fingerprint density at radius 2 is 2.24 bits per heavy atom. The van der Waals surface area contributed by atoms with Gasteiger partial charge in [-0.15, -0.1) is 0 Å². The van der Waals surface area contributed by atoms with Crippen LogP contribution in [0, 0.1) is 5.92 Å². The molecule has 1 saturated carbocycles. The van der Waals surface area contributed by atoms with Gasteiger partial charge in [-0.3, -0.25) is 0 Å². The molecule has 0 spiro atoms. The standard InChI is InChI=1S/C12H22BN2O2/c14-10-7-15-11(9(10)5-2-6-13-17)12(16)8-3-1-4-8/h9-11,15-17H,1-7,14H2. The van der Waals surface area contributed by atoms with E-state index in [2.05, 4.69) is 5.32 Å². The predicted octanol–water partition coefficient (Wildman–Crippen LogP) is 0.708. The Bertz CT molecular complexity index is 290. The second-order valence-electron chi connectivity index (χ2n) is 5.17. The minimum Gasteiger partial charge on any atom is -0.511 e. The average molecular weight is 237 g/mol. The second-order valence-corrected chi connectivity index (χ2v) is 5.17. The van der Waals surface area contributed by atoms with Gasteiger partial charge in [0.2, 0.25) is 0 Å². The summed E-state index contributed by atoms with van der Waals surface area (Å²) in [5.74, 6) is 0.838. The van der Waals surface area contributed by atoms with Crippen LogP contribution < -0.4 is 11.1 Å². The first-order chi connectivity index (χ1) is 8.24. The quantitative estimate of drug-likeness (QED) is 0.322. The second kappa shape index (κ2) is 5.89. The third kappa shape index (κ3) is 2.84. The molecule has 3 unspecified atom stereocenters. The Labute approximate surface area is 104 Å². The van der Waals surface area contributed by atoms with E-state index in [-0.39, 0.29) is 12.1 Å². The highest BCUT2D eigenvalue weighted by Crippen LogP contribution is 2.33. The highest BCUT2D eigenvalue weighted by molar-refractivity contribution is 6.25. The number of nitrogens with two attached hydrogens (primary N) is 1. The first kappa shape index (κ1) is 12.9. The van der Waals surface area contributed by atoms with E-state index >= 15 is 0 Å². The molecule has 1 aliphatic heterocycles. The van der Waals surface area contributed by atoms with Crippen molar-refractivity contribution in [2.24, 2.45) is 11.7 Å². The van der Waals surface area contributed by atoms with Crippen molar-refractivity contribution in [3.8, 4) is 0 Å². The number of nitrogens with one attached hydrogen (secondary N) is 1. The van der Waals surface area contributed by atoms with E-state index in [1.165, 1.54) is 19.5 Å². The average Bonchev–Trinajstić information content (AvgIpc) is 2.58. The third-order valence-electron chi connectivity index (χ3n) is 4.04. The van der Waals surface area contributed by atoms with Crippen LogP contribution in [0.1, 0.15) is 32.1 Å². The minimum atomic E-state index is 0.0407. The summed E-state index contributed by atoms with van der Waals surface area (Å²) < 4.78 is 0. The van der Waals surface area contributed by atoms with Gasteiger partial charge in [-0.25, -0.2) is 0 Å². The van der Waals surface area contributed by atoms with Gasteiger partial charge in [-0.05, 0) is 37.2 Å². The van der Waals surface area contributed by atoms with Gasteiger partial charge in [0, 0.05) is 12.6 Å². The van der Waals surface area contributed by atoms with Crippen molar-refractivity contribution in [3.05, 3.63) is 11.3 Å². The molecule has 2 rings (SSSR count). The molecule has 5 N–H and O–H groups in total. The SMILES string of the molecule is NC1CNC(C(O)=C2CCC2)C1CCC[B]O. The lowest BCUT2D eigenvalue weighted by Crippen LogP contribution is -2.34. The zero-order valence-electron chi connectivity index (χ0n) is 10.2. The van der Waals surface area contributed by atoms with Gasteiger partial charge in [-0.2, -0.15) is 0 Å². The molecule has 0 bridgehead atoms. The van der Waals surface area contributed by atoms with E-state index in [0.29, 0.717) is 18.0 Å². The molecule has 2 aliphatic rings. The summed E-state index contributed by atoms with van der Waals surface area (Å²) in [5, 5.41) is 22.2. The third-order valence-corrected chi connectivity index (χ3v) is 4.04. The summed E-state index contributed by atoms with van der Waals surface area (Å²) >= 11 is 0. The molecule has 17 heavy (non-hydrogen) atoms. The van der Waals surface area contributed by atoms with Crippen LogP contribution in [0.4, 0.5) is 0 Å². The maximum Gasteiger partial charge on any atom is 0.287 e. The zero-order valence-corrected chi connectivity index (χ0v) is 10.2. The van der Waals surface area contributed by atoms with Gasteiger partial charge in [0.05, 0.1) is 6.04 Å². The largest absolute Gasteiger partial charge is 0.511 e. The van der Waals surface area contributed by atoms with Crippen LogP contribution in [0.25, 0.3) is 0 Å². The summed E-state index contributed by atoms with van der Waals surface area (Å²) in [6, 6.07) is 0.153. The van der Waals surface area contributed by atoms with Crippen molar-refractivity contribution < 1.29 is 10.1 Å². The lowest BCUT2D eigenvalue weighted by atomic mass is 9.82. The molecule has 2 fully saturated rings. The van der Waals surface area contributed by atoms with Crippen LogP contribution in [0.2, 0.25) is 6.32 Å². The number of rotatable bonds is 5. The van der Waals surface area contributed by atoms with Gasteiger partial charge < -0.3 is 21.2 Å². The molecular weight excluding hydrogens is 215 g/mol. The van der Waals surface area contributed by atoms with Gasteiger partial charge in [0.1, 0.15) is 5.76 Å². The van der Waals surface area contributed by atoms with Gasteiger partial charge in [0.15, 0.2) is 0 Å². The first-order valence-corrected chi connectivity index (χ1v) is 6.59. The fourth-order valence-corrected chi connectivity index (χ4v) is 2.77. The monoisotopic (exact) mass is 237 g/mol. The summed E-state index contributed by atoms with van der Waals surface area (Å²) in [6.45, 7) is 0.773. The molecule has 95 valence electrons. The molecule has 3 atom stereocenters. The van der Waals surface area contributed by atoms with E-state index in [1.807, 2.05) is 0 Å². The topological polar surface area (TPSA) is 78.5 Å². The highest BCUT2D eigenvalue weighted by atomic mass is 16.3. The first-order valence-electron chi connectivity index (χ1n) is 6.59. The van der Waals surface area contributed by atoms with Gasteiger partial charge in [-0.1, -0.05) is 12.7 Å². The van der Waals surface area contributed by atoms with E-state index < -0.39 is 0 Å². The van der Waals surface area contributed by atoms with Crippen LogP contribution in [0.3, 0.4) is 0 Å². The Morgan fingerprint density at radius 1 is 1.47 bits per heavy atom. The maximum absolute atomic E-state index is 10.2. The van der Waals surface area contributed by atoms with Crippen LogP contribution >= 0.6 is 0 Å². The van der Waals surface area contributed by atoms with Crippen LogP contribution in [0.5, 0.6) is 0 Å². The van der Waals surface area contributed by atoms with Gasteiger partial charge in [0.25, 0.3) is 7.48 Å². The normalized spacial score (nSPS) is 32.4. The predicted molar refractivity (Wildman–Crippen MR) is 68.8 cm³/mol. The van der Waals surface area contributed by atoms with Crippen molar-refractivity contribution in [2.45, 2.75) is 50.5 Å². The molecule has 1 heterocycles. The molecule has 5 heteroatoms. The Balaban J connectivity index is 1.95. The minimum absolute atomic E-state index is 0.0407. The Morgan fingerprint density at radius 3 is 2.82 bits per heavy atom. The molecule has 1 aliphatic carbocycles. The number of allylic oxidation sites excluding steroid dienone is 1. The summed E-state index contributed by atoms with van der Waals surface area (Å²) in [6.07, 6.45) is 5.85. The molecule has 0 aromatic carbocycles. The number of aliphatic hydroxyl groups excluding tert-OH is 1. The van der Waals surface area contributed by atoms with Crippen molar-refractivity contribution in [2.75, 3.05) is 6.54 Å². The van der Waals surface area contributed by atoms with E-state index in [4.69, 9.17) is 10.8 Å². The van der Waals surface area contributed by atoms with Crippen molar-refractivity contribution in [3.63, 3.8) is 0 Å². The summed E-state index contributed by atoms with van der Waals surface area (Å²) in [4.78, 5) is 0. The van der Waals surface area contributed by atoms with Crippen molar-refractivity contribution >= 4 is 7.48 Å². The summed E-state index contributed by atoms with van der Waals surface area (Å²) in [7, 11) is 1.20. The van der Waals surface area contributed by atoms with Crippen LogP contribution in [-0.4, -0.2) is 36.2 Å². The molecular formula is C12H22BN2O2. The maximum atomic E-state index is 10.2. The molecule has 4 nitrogen and oxygen atoms in total. The lowest BCUT2D eigenvalue weighted by molar-refractivity contribution is 0.288. The molecule has 0 amide bonds. The fourth-order valence-electron chi connectivity index (χ4n) is 2.77. The number of hydrogen-bond donors (Lipinski definition) is 4. The van der Waals surface area contributed by atoms with Crippen LogP contribution in [0.15, 0.2) is 11.3 Å². The smallest absolute Gasteiger partial charge is 0.287 e. The number of hydrogen-bond acceptors (Lipinski definition) is 4. The van der Waals surface area contributed by atoms with Crippen LogP contribution in [-0.2, 0) is 0 Å². The fraction of sp³-hybridized carbons (Fsp3) is 0.833. The Kier molecular flexibility index (Phi) is 4.48. The summed E-state index contributed by atoms with van der Waals surface area (Å²) in [5.41, 5.74) is 7.28. The lowest BCUT2D eigenvalue weighted by Gasteiger charge is -2.26.